The van der Waals surface area contributed by atoms with Crippen LogP contribution in [0.1, 0.15) is 52.3 Å². The fraction of sp³-hybridized carbons (Fsp3) is 0.429. The number of ether oxygens (including phenoxy) is 1. The molecule has 2 nitrogen and oxygen atoms in total. The zero-order chi connectivity index (χ0) is 15.3. The Kier molecular flexibility index (Phi) is 2.15. The van der Waals surface area contributed by atoms with Gasteiger partial charge in [-0.25, -0.2) is 0 Å². The van der Waals surface area contributed by atoms with Crippen molar-refractivity contribution in [2.24, 2.45) is 5.92 Å². The lowest BCUT2D eigenvalue weighted by molar-refractivity contribution is -0.256. The maximum absolute atomic E-state index is 11.3. The summed E-state index contributed by atoms with van der Waals surface area (Å²) in [7, 11) is 1.80. The minimum atomic E-state index is -0.388. The highest BCUT2D eigenvalue weighted by molar-refractivity contribution is 5.58. The van der Waals surface area contributed by atoms with Gasteiger partial charge in [0.1, 0.15) is 5.60 Å². The van der Waals surface area contributed by atoms with Gasteiger partial charge in [-0.2, -0.15) is 0 Å². The van der Waals surface area contributed by atoms with Crippen molar-refractivity contribution in [2.75, 3.05) is 7.11 Å². The Balaban J connectivity index is 1.72. The highest BCUT2D eigenvalue weighted by Crippen LogP contribution is 2.76. The van der Waals surface area contributed by atoms with Crippen LogP contribution in [0.3, 0.4) is 0 Å². The molecular formula is C21H20O2. The van der Waals surface area contributed by atoms with Gasteiger partial charge in [0.15, 0.2) is 0 Å². The lowest BCUT2D eigenvalue weighted by Gasteiger charge is -2.72. The number of fused-ring (bicyclic) bond motifs is 10. The molecule has 0 aliphatic heterocycles. The standard InChI is InChI=1S/C21H20O2/c1-23-21-16-10-15-11-6-2-3-7-12(11)18(16)19(21)14-9-5-4-8-13(14)17(15)20(21)22/h2-9,15-20,22H,10H2,1H3. The van der Waals surface area contributed by atoms with Crippen molar-refractivity contribution >= 4 is 0 Å². The van der Waals surface area contributed by atoms with Crippen molar-refractivity contribution in [1.82, 2.24) is 0 Å². The number of benzene rings is 2. The number of aliphatic hydroxyl groups excluding tert-OH is 1. The van der Waals surface area contributed by atoms with Crippen molar-refractivity contribution < 1.29 is 9.84 Å². The summed E-state index contributed by atoms with van der Waals surface area (Å²) in [6.07, 6.45) is 0.767. The second-order valence-electron chi connectivity index (χ2n) is 7.74. The van der Waals surface area contributed by atoms with E-state index in [4.69, 9.17) is 4.74 Å². The molecule has 4 bridgehead atoms. The van der Waals surface area contributed by atoms with E-state index in [9.17, 15) is 5.11 Å². The second-order valence-corrected chi connectivity index (χ2v) is 7.74. The lowest BCUT2D eigenvalue weighted by Crippen LogP contribution is -2.74. The van der Waals surface area contributed by atoms with E-state index in [2.05, 4.69) is 48.5 Å². The van der Waals surface area contributed by atoms with E-state index in [0.29, 0.717) is 23.7 Å². The molecule has 7 unspecified atom stereocenters. The van der Waals surface area contributed by atoms with E-state index in [1.54, 1.807) is 7.11 Å². The molecule has 23 heavy (non-hydrogen) atoms. The predicted octanol–water partition coefficient (Wildman–Crippen LogP) is 3.53. The summed E-state index contributed by atoms with van der Waals surface area (Å²) in [6, 6.07) is 17.7. The first-order valence-corrected chi connectivity index (χ1v) is 8.70. The number of hydrogen-bond donors (Lipinski definition) is 1. The highest BCUT2D eigenvalue weighted by atomic mass is 16.5. The van der Waals surface area contributed by atoms with E-state index in [1.165, 1.54) is 22.3 Å². The Labute approximate surface area is 136 Å². The molecule has 2 fully saturated rings. The molecule has 2 aromatic carbocycles. The van der Waals surface area contributed by atoms with E-state index in [-0.39, 0.29) is 17.6 Å². The summed E-state index contributed by atoms with van der Waals surface area (Å²) >= 11 is 0. The molecule has 2 aromatic rings. The van der Waals surface area contributed by atoms with Gasteiger partial charge in [0.25, 0.3) is 0 Å². The van der Waals surface area contributed by atoms with Crippen molar-refractivity contribution in [3.8, 4) is 0 Å². The van der Waals surface area contributed by atoms with Crippen LogP contribution in [0.5, 0.6) is 0 Å². The van der Waals surface area contributed by atoms with E-state index in [1.807, 2.05) is 0 Å². The van der Waals surface area contributed by atoms with E-state index >= 15 is 0 Å². The molecule has 4 aliphatic rings. The van der Waals surface area contributed by atoms with Crippen LogP contribution in [0.2, 0.25) is 0 Å². The largest absolute Gasteiger partial charge is 0.389 e. The van der Waals surface area contributed by atoms with Gasteiger partial charge >= 0.3 is 0 Å². The average molecular weight is 304 g/mol. The van der Waals surface area contributed by atoms with Crippen LogP contribution >= 0.6 is 0 Å². The molecule has 0 radical (unpaired) electrons. The minimum absolute atomic E-state index is 0.168. The predicted molar refractivity (Wildman–Crippen MR) is 87.7 cm³/mol. The first kappa shape index (κ1) is 12.7. The molecule has 2 saturated carbocycles. The number of methoxy groups -OCH3 is 1. The summed E-state index contributed by atoms with van der Waals surface area (Å²) in [5, 5.41) is 11.3. The van der Waals surface area contributed by atoms with Crippen molar-refractivity contribution in [1.29, 1.82) is 0 Å². The maximum atomic E-state index is 11.3. The zero-order valence-corrected chi connectivity index (χ0v) is 13.1. The molecule has 6 rings (SSSR count). The summed E-state index contributed by atoms with van der Waals surface area (Å²) in [5.41, 5.74) is 5.40. The smallest absolute Gasteiger partial charge is 0.105 e. The van der Waals surface area contributed by atoms with Crippen LogP contribution in [0.4, 0.5) is 0 Å². The van der Waals surface area contributed by atoms with Crippen molar-refractivity contribution in [3.63, 3.8) is 0 Å². The second kappa shape index (κ2) is 3.88. The van der Waals surface area contributed by atoms with Crippen LogP contribution in [0, 0.1) is 5.92 Å². The topological polar surface area (TPSA) is 29.5 Å². The van der Waals surface area contributed by atoms with Crippen molar-refractivity contribution in [3.05, 3.63) is 70.8 Å². The summed E-state index contributed by atoms with van der Waals surface area (Å²) < 4.78 is 6.10. The Hall–Kier alpha value is -1.64. The molecule has 2 heteroatoms. The molecule has 0 aromatic heterocycles. The monoisotopic (exact) mass is 304 g/mol. The zero-order valence-electron chi connectivity index (χ0n) is 13.1. The number of hydrogen-bond acceptors (Lipinski definition) is 2. The lowest BCUT2D eigenvalue weighted by atomic mass is 9.35. The Bertz CT molecular complexity index is 824. The van der Waals surface area contributed by atoms with Crippen molar-refractivity contribution in [2.45, 2.75) is 41.8 Å². The molecular weight excluding hydrogens is 284 g/mol. The van der Waals surface area contributed by atoms with Crippen LogP contribution < -0.4 is 0 Å². The first-order chi connectivity index (χ1) is 11.3. The van der Waals surface area contributed by atoms with Crippen LogP contribution in [0.15, 0.2) is 48.5 Å². The minimum Gasteiger partial charge on any atom is -0.389 e. The van der Waals surface area contributed by atoms with Gasteiger partial charge in [0.05, 0.1) is 6.10 Å². The molecule has 0 saturated heterocycles. The number of rotatable bonds is 1. The molecule has 0 amide bonds. The third kappa shape index (κ3) is 1.15. The van der Waals surface area contributed by atoms with Gasteiger partial charge in [0, 0.05) is 18.9 Å². The van der Waals surface area contributed by atoms with Gasteiger partial charge in [-0.3, -0.25) is 0 Å². The number of aliphatic hydroxyl groups is 1. The quantitative estimate of drug-likeness (QED) is 0.873. The Morgan fingerprint density at radius 2 is 1.52 bits per heavy atom. The van der Waals surface area contributed by atoms with Crippen LogP contribution in [0.25, 0.3) is 0 Å². The molecule has 1 N–H and O–H groups in total. The van der Waals surface area contributed by atoms with Gasteiger partial charge in [-0.15, -0.1) is 0 Å². The normalized spacial score (nSPS) is 44.3. The molecule has 0 spiro atoms. The molecule has 0 heterocycles. The van der Waals surface area contributed by atoms with E-state index < -0.39 is 0 Å². The van der Waals surface area contributed by atoms with Crippen LogP contribution in [-0.4, -0.2) is 23.9 Å². The molecule has 7 atom stereocenters. The van der Waals surface area contributed by atoms with Gasteiger partial charge in [-0.1, -0.05) is 48.5 Å². The van der Waals surface area contributed by atoms with Gasteiger partial charge < -0.3 is 9.84 Å². The van der Waals surface area contributed by atoms with E-state index in [0.717, 1.165) is 6.42 Å². The highest BCUT2D eigenvalue weighted by Gasteiger charge is 2.75. The fourth-order valence-corrected chi connectivity index (χ4v) is 6.75. The SMILES string of the molecule is COC12C(O)C3c4ccccc4C1C1c4ccccc4C3CC12. The maximum Gasteiger partial charge on any atom is 0.105 e. The Morgan fingerprint density at radius 1 is 0.913 bits per heavy atom. The molecule has 4 aliphatic carbocycles. The van der Waals surface area contributed by atoms with Gasteiger partial charge in [0.2, 0.25) is 0 Å². The fourth-order valence-electron chi connectivity index (χ4n) is 6.75. The summed E-state index contributed by atoms with van der Waals surface area (Å²) in [6.45, 7) is 0. The first-order valence-electron chi connectivity index (χ1n) is 8.70. The van der Waals surface area contributed by atoms with Crippen LogP contribution in [-0.2, 0) is 4.74 Å². The third-order valence-corrected chi connectivity index (χ3v) is 7.40. The third-order valence-electron chi connectivity index (χ3n) is 7.40. The summed E-state index contributed by atoms with van der Waals surface area (Å²) in [5.74, 6) is 1.84. The summed E-state index contributed by atoms with van der Waals surface area (Å²) in [4.78, 5) is 0. The molecule has 116 valence electrons. The van der Waals surface area contributed by atoms with Gasteiger partial charge in [-0.05, 0) is 46.4 Å². The Morgan fingerprint density at radius 3 is 2.22 bits per heavy atom. The average Bonchev–Trinajstić information content (AvgIpc) is 2.55.